The maximum Gasteiger partial charge on any atom is 0.0893 e. The Bertz CT molecular complexity index is 267. The Morgan fingerprint density at radius 2 is 2.00 bits per heavy atom. The van der Waals surface area contributed by atoms with Crippen LogP contribution in [0.25, 0.3) is 0 Å². The van der Waals surface area contributed by atoms with Crippen molar-refractivity contribution in [2.24, 2.45) is 0 Å². The number of alkyl halides is 1. The molecule has 0 fully saturated rings. The van der Waals surface area contributed by atoms with Crippen molar-refractivity contribution in [2.45, 2.75) is 12.8 Å². The number of aliphatic hydroxyl groups excluding tert-OH is 1. The van der Waals surface area contributed by atoms with Gasteiger partial charge in [-0.25, -0.2) is 0 Å². The van der Waals surface area contributed by atoms with Crippen molar-refractivity contribution in [2.75, 3.05) is 4.43 Å². The van der Waals surface area contributed by atoms with E-state index in [9.17, 15) is 5.11 Å². The molecule has 0 saturated heterocycles. The first-order chi connectivity index (χ1) is 6.33. The summed E-state index contributed by atoms with van der Waals surface area (Å²) in [4.78, 5) is 0. The molecule has 0 aliphatic heterocycles. The molecule has 0 aliphatic rings. The minimum absolute atomic E-state index is 0.498. The highest BCUT2D eigenvalue weighted by Gasteiger charge is 1.94. The number of hydrogen-bond acceptors (Lipinski definition) is 1. The predicted molar refractivity (Wildman–Crippen MR) is 64.4 cm³/mol. The number of benzene rings is 1. The van der Waals surface area contributed by atoms with Crippen LogP contribution in [-0.4, -0.2) is 9.53 Å². The summed E-state index contributed by atoms with van der Waals surface area (Å²) in [7, 11) is 0. The molecule has 70 valence electrons. The number of rotatable bonds is 4. The molecule has 1 aromatic carbocycles. The first-order valence-electron chi connectivity index (χ1n) is 4.31. The Morgan fingerprint density at radius 1 is 1.31 bits per heavy atom. The van der Waals surface area contributed by atoms with Crippen LogP contribution in [0.3, 0.4) is 0 Å². The smallest absolute Gasteiger partial charge is 0.0893 e. The van der Waals surface area contributed by atoms with Crippen LogP contribution in [0.2, 0.25) is 0 Å². The van der Waals surface area contributed by atoms with E-state index in [0.29, 0.717) is 5.76 Å². The molecule has 0 heterocycles. The molecule has 0 unspecified atom stereocenters. The third-order valence-electron chi connectivity index (χ3n) is 1.83. The van der Waals surface area contributed by atoms with Crippen molar-refractivity contribution in [1.29, 1.82) is 0 Å². The summed E-state index contributed by atoms with van der Waals surface area (Å²) in [5.74, 6) is 0.498. The van der Waals surface area contributed by atoms with Crippen LogP contribution in [0, 0.1) is 0 Å². The lowest BCUT2D eigenvalue weighted by atomic mass is 10.1. The van der Waals surface area contributed by atoms with Crippen LogP contribution in [-0.2, 0) is 6.42 Å². The Labute approximate surface area is 92.6 Å². The number of allylic oxidation sites excluding steroid dienone is 2. The third kappa shape index (κ3) is 4.31. The lowest BCUT2D eigenvalue weighted by molar-refractivity contribution is 0.387. The molecule has 0 radical (unpaired) electrons. The van der Waals surface area contributed by atoms with Crippen molar-refractivity contribution in [3.05, 3.63) is 47.7 Å². The van der Waals surface area contributed by atoms with Crippen LogP contribution >= 0.6 is 22.6 Å². The first kappa shape index (κ1) is 10.6. The van der Waals surface area contributed by atoms with E-state index in [1.54, 1.807) is 0 Å². The molecule has 1 nitrogen and oxygen atoms in total. The van der Waals surface area contributed by atoms with Crippen molar-refractivity contribution in [3.8, 4) is 0 Å². The zero-order valence-corrected chi connectivity index (χ0v) is 9.57. The Morgan fingerprint density at radius 3 is 2.62 bits per heavy atom. The lowest BCUT2D eigenvalue weighted by Gasteiger charge is -2.00. The van der Waals surface area contributed by atoms with E-state index < -0.39 is 0 Å². The average Bonchev–Trinajstić information content (AvgIpc) is 2.17. The summed E-state index contributed by atoms with van der Waals surface area (Å²) in [6.07, 6.45) is 3.51. The fourth-order valence-electron chi connectivity index (χ4n) is 1.11. The van der Waals surface area contributed by atoms with Gasteiger partial charge in [0.15, 0.2) is 0 Å². The quantitative estimate of drug-likeness (QED) is 0.511. The van der Waals surface area contributed by atoms with Gasteiger partial charge < -0.3 is 5.11 Å². The van der Waals surface area contributed by atoms with Crippen LogP contribution in [0.1, 0.15) is 12.0 Å². The van der Waals surface area contributed by atoms with Gasteiger partial charge in [-0.1, -0.05) is 52.9 Å². The third-order valence-corrected chi connectivity index (χ3v) is 2.27. The lowest BCUT2D eigenvalue weighted by Crippen LogP contribution is -1.88. The van der Waals surface area contributed by atoms with E-state index in [1.165, 1.54) is 5.56 Å². The molecule has 0 aliphatic carbocycles. The van der Waals surface area contributed by atoms with Crippen LogP contribution in [0.4, 0.5) is 0 Å². The van der Waals surface area contributed by atoms with E-state index in [2.05, 4.69) is 34.7 Å². The van der Waals surface area contributed by atoms with Gasteiger partial charge in [-0.15, -0.1) is 0 Å². The van der Waals surface area contributed by atoms with E-state index in [0.717, 1.165) is 17.3 Å². The number of halogens is 1. The largest absolute Gasteiger partial charge is 0.513 e. The molecule has 2 heteroatoms. The normalized spacial score (nSPS) is 11.6. The van der Waals surface area contributed by atoms with Gasteiger partial charge in [0.05, 0.1) is 5.76 Å². The molecule has 0 saturated carbocycles. The van der Waals surface area contributed by atoms with E-state index in [-0.39, 0.29) is 0 Å². The fourth-order valence-corrected chi connectivity index (χ4v) is 1.62. The van der Waals surface area contributed by atoms with E-state index in [4.69, 9.17) is 0 Å². The first-order valence-corrected chi connectivity index (χ1v) is 5.83. The summed E-state index contributed by atoms with van der Waals surface area (Å²) in [6.45, 7) is 0. The molecule has 1 rings (SSSR count). The van der Waals surface area contributed by atoms with E-state index >= 15 is 0 Å². The summed E-state index contributed by atoms with van der Waals surface area (Å²) in [5, 5.41) is 9.37. The molecule has 0 spiro atoms. The second-order valence-corrected chi connectivity index (χ2v) is 3.72. The summed E-state index contributed by atoms with van der Waals surface area (Å²) in [6, 6.07) is 10.2. The standard InChI is InChI=1S/C11H13IO/c12-9-8-11(13)7-6-10-4-2-1-3-5-10/h1-5,8,13H,6-7,9H2. The Hall–Kier alpha value is -0.510. The SMILES string of the molecule is OC(=CCI)CCc1ccccc1. The van der Waals surface area contributed by atoms with Gasteiger partial charge in [0, 0.05) is 10.8 Å². The zero-order chi connectivity index (χ0) is 9.52. The topological polar surface area (TPSA) is 20.2 Å². The average molecular weight is 288 g/mol. The van der Waals surface area contributed by atoms with Crippen molar-refractivity contribution >= 4 is 22.6 Å². The molecule has 1 aromatic rings. The van der Waals surface area contributed by atoms with Gasteiger partial charge >= 0.3 is 0 Å². The highest BCUT2D eigenvalue weighted by molar-refractivity contribution is 14.1. The molecule has 0 aromatic heterocycles. The molecular formula is C11H13IO. The number of aryl methyl sites for hydroxylation is 1. The molecule has 0 atom stereocenters. The second-order valence-electron chi connectivity index (χ2n) is 2.84. The minimum atomic E-state index is 0.498. The summed E-state index contributed by atoms with van der Waals surface area (Å²) >= 11 is 2.22. The number of hydrogen-bond donors (Lipinski definition) is 1. The van der Waals surface area contributed by atoms with Gasteiger partial charge in [-0.2, -0.15) is 0 Å². The molecular weight excluding hydrogens is 275 g/mol. The van der Waals surface area contributed by atoms with Gasteiger partial charge in [-0.3, -0.25) is 0 Å². The Kier molecular flexibility index (Phi) is 4.90. The van der Waals surface area contributed by atoms with Crippen molar-refractivity contribution in [1.82, 2.24) is 0 Å². The molecule has 0 bridgehead atoms. The second kappa shape index (κ2) is 6.02. The fraction of sp³-hybridized carbons (Fsp3) is 0.273. The Balaban J connectivity index is 2.39. The molecule has 0 amide bonds. The van der Waals surface area contributed by atoms with Gasteiger partial charge in [-0.05, 0) is 18.1 Å². The minimum Gasteiger partial charge on any atom is -0.513 e. The molecule has 1 N–H and O–H groups in total. The van der Waals surface area contributed by atoms with Crippen LogP contribution in [0.5, 0.6) is 0 Å². The van der Waals surface area contributed by atoms with E-state index in [1.807, 2.05) is 24.3 Å². The molecule has 13 heavy (non-hydrogen) atoms. The number of aliphatic hydroxyl groups is 1. The van der Waals surface area contributed by atoms with Crippen molar-refractivity contribution in [3.63, 3.8) is 0 Å². The highest BCUT2D eigenvalue weighted by atomic mass is 127. The predicted octanol–water partition coefficient (Wildman–Crippen LogP) is 3.50. The highest BCUT2D eigenvalue weighted by Crippen LogP contribution is 2.07. The summed E-state index contributed by atoms with van der Waals surface area (Å²) < 4.78 is 0.873. The van der Waals surface area contributed by atoms with Crippen LogP contribution < -0.4 is 0 Å². The van der Waals surface area contributed by atoms with Gasteiger partial charge in [0.1, 0.15) is 0 Å². The zero-order valence-electron chi connectivity index (χ0n) is 7.41. The maximum atomic E-state index is 9.37. The van der Waals surface area contributed by atoms with Crippen molar-refractivity contribution < 1.29 is 5.11 Å². The van der Waals surface area contributed by atoms with Crippen LogP contribution in [0.15, 0.2) is 42.2 Å². The van der Waals surface area contributed by atoms with Gasteiger partial charge in [0.25, 0.3) is 0 Å². The summed E-state index contributed by atoms with van der Waals surface area (Å²) in [5.41, 5.74) is 1.27. The monoisotopic (exact) mass is 288 g/mol. The van der Waals surface area contributed by atoms with Gasteiger partial charge in [0.2, 0.25) is 0 Å². The maximum absolute atomic E-state index is 9.37.